The van der Waals surface area contributed by atoms with Crippen molar-refractivity contribution in [1.82, 2.24) is 4.90 Å². The molecule has 0 saturated carbocycles. The molecule has 1 aromatic carbocycles. The number of hydrogen-bond donors (Lipinski definition) is 1. The highest BCUT2D eigenvalue weighted by molar-refractivity contribution is 5.58. The van der Waals surface area contributed by atoms with Crippen LogP contribution in [0.3, 0.4) is 0 Å². The lowest BCUT2D eigenvalue weighted by molar-refractivity contribution is 0.170. The average Bonchev–Trinajstić information content (AvgIpc) is 2.29. The van der Waals surface area contributed by atoms with E-state index in [0.29, 0.717) is 12.1 Å². The molecule has 0 radical (unpaired) electrons. The summed E-state index contributed by atoms with van der Waals surface area (Å²) in [5.41, 5.74) is 9.21. The van der Waals surface area contributed by atoms with Crippen molar-refractivity contribution in [3.05, 3.63) is 23.8 Å². The van der Waals surface area contributed by atoms with E-state index in [9.17, 15) is 0 Å². The predicted molar refractivity (Wildman–Crippen MR) is 74.5 cm³/mol. The number of hydrogen-bond acceptors (Lipinski definition) is 3. The van der Waals surface area contributed by atoms with Crippen LogP contribution in [0.15, 0.2) is 18.2 Å². The summed E-state index contributed by atoms with van der Waals surface area (Å²) in [7, 11) is 2.21. The zero-order valence-electron chi connectivity index (χ0n) is 11.3. The summed E-state index contributed by atoms with van der Waals surface area (Å²) in [5, 5.41) is 0. The first-order chi connectivity index (χ1) is 7.99. The minimum Gasteiger partial charge on any atom is -0.399 e. The summed E-state index contributed by atoms with van der Waals surface area (Å²) < 4.78 is 0. The lowest BCUT2D eigenvalue weighted by Gasteiger charge is -2.43. The van der Waals surface area contributed by atoms with E-state index in [1.54, 1.807) is 0 Å². The maximum atomic E-state index is 5.87. The molecule has 0 bridgehead atoms. The summed E-state index contributed by atoms with van der Waals surface area (Å²) in [6, 6.07) is 7.53. The van der Waals surface area contributed by atoms with Crippen molar-refractivity contribution in [3.63, 3.8) is 0 Å². The van der Waals surface area contributed by atoms with Crippen LogP contribution >= 0.6 is 0 Å². The van der Waals surface area contributed by atoms with Gasteiger partial charge in [0.05, 0.1) is 0 Å². The van der Waals surface area contributed by atoms with Gasteiger partial charge in [-0.25, -0.2) is 0 Å². The molecule has 1 aromatic rings. The molecule has 0 unspecified atom stereocenters. The molecule has 1 aliphatic rings. The van der Waals surface area contributed by atoms with E-state index in [1.807, 2.05) is 6.07 Å². The van der Waals surface area contributed by atoms with Crippen LogP contribution in [0.4, 0.5) is 11.4 Å². The number of rotatable bonds is 1. The third kappa shape index (κ3) is 2.39. The first-order valence-corrected chi connectivity index (χ1v) is 6.32. The topological polar surface area (TPSA) is 32.5 Å². The van der Waals surface area contributed by atoms with Gasteiger partial charge in [0.1, 0.15) is 0 Å². The van der Waals surface area contributed by atoms with Gasteiger partial charge in [-0.15, -0.1) is 0 Å². The molecule has 0 aromatic heterocycles. The molecule has 1 saturated heterocycles. The van der Waals surface area contributed by atoms with E-state index in [2.05, 4.69) is 49.8 Å². The first kappa shape index (κ1) is 12.2. The lowest BCUT2D eigenvalue weighted by Crippen LogP contribution is -2.55. The molecule has 17 heavy (non-hydrogen) atoms. The van der Waals surface area contributed by atoms with E-state index < -0.39 is 0 Å². The number of anilines is 2. The number of piperazine rings is 1. The SMILES string of the molecule is Cc1cc(N2C[C@@H](C)N(C)[C@@H](C)C2)ccc1N. The molecular weight excluding hydrogens is 210 g/mol. The van der Waals surface area contributed by atoms with Crippen molar-refractivity contribution in [2.24, 2.45) is 0 Å². The molecular formula is C14H23N3. The second-order valence-electron chi connectivity index (χ2n) is 5.31. The van der Waals surface area contributed by atoms with Gasteiger partial charge in [0.2, 0.25) is 0 Å². The Morgan fingerprint density at radius 1 is 1.18 bits per heavy atom. The van der Waals surface area contributed by atoms with Crippen LogP contribution in [0, 0.1) is 6.92 Å². The first-order valence-electron chi connectivity index (χ1n) is 6.32. The van der Waals surface area contributed by atoms with Gasteiger partial charge in [-0.05, 0) is 51.6 Å². The molecule has 1 aliphatic heterocycles. The van der Waals surface area contributed by atoms with Crippen LogP contribution < -0.4 is 10.6 Å². The quantitative estimate of drug-likeness (QED) is 0.754. The van der Waals surface area contributed by atoms with Gasteiger partial charge in [-0.1, -0.05) is 0 Å². The number of aryl methyl sites for hydroxylation is 1. The maximum Gasteiger partial charge on any atom is 0.0371 e. The Labute approximate surface area is 104 Å². The van der Waals surface area contributed by atoms with Crippen molar-refractivity contribution >= 4 is 11.4 Å². The van der Waals surface area contributed by atoms with Crippen molar-refractivity contribution in [2.45, 2.75) is 32.9 Å². The van der Waals surface area contributed by atoms with E-state index >= 15 is 0 Å². The minimum atomic E-state index is 0.594. The Morgan fingerprint density at radius 3 is 2.29 bits per heavy atom. The highest BCUT2D eigenvalue weighted by Gasteiger charge is 2.26. The fraction of sp³-hybridized carbons (Fsp3) is 0.571. The van der Waals surface area contributed by atoms with Crippen molar-refractivity contribution in [2.75, 3.05) is 30.8 Å². The Bertz CT molecular complexity index is 390. The molecule has 2 rings (SSSR count). The van der Waals surface area contributed by atoms with E-state index in [0.717, 1.165) is 18.8 Å². The number of benzene rings is 1. The maximum absolute atomic E-state index is 5.87. The molecule has 2 N–H and O–H groups in total. The van der Waals surface area contributed by atoms with E-state index in [-0.39, 0.29) is 0 Å². The van der Waals surface area contributed by atoms with Gasteiger partial charge in [0, 0.05) is 36.5 Å². The molecule has 3 heteroatoms. The predicted octanol–water partition coefficient (Wildman–Crippen LogP) is 2.11. The molecule has 1 fully saturated rings. The van der Waals surface area contributed by atoms with E-state index in [4.69, 9.17) is 5.73 Å². The Balaban J connectivity index is 2.20. The summed E-state index contributed by atoms with van der Waals surface area (Å²) in [4.78, 5) is 4.91. The number of nitrogens with two attached hydrogens (primary N) is 1. The molecule has 94 valence electrons. The Hall–Kier alpha value is -1.22. The van der Waals surface area contributed by atoms with E-state index in [1.165, 1.54) is 11.3 Å². The van der Waals surface area contributed by atoms with Crippen LogP contribution in [0.2, 0.25) is 0 Å². The third-order valence-corrected chi connectivity index (χ3v) is 3.98. The van der Waals surface area contributed by atoms with Gasteiger partial charge in [-0.3, -0.25) is 4.90 Å². The minimum absolute atomic E-state index is 0.594. The monoisotopic (exact) mass is 233 g/mol. The number of nitrogens with zero attached hydrogens (tertiary/aromatic N) is 2. The fourth-order valence-corrected chi connectivity index (χ4v) is 2.47. The lowest BCUT2D eigenvalue weighted by atomic mass is 10.1. The second kappa shape index (κ2) is 4.57. The summed E-state index contributed by atoms with van der Waals surface area (Å²) >= 11 is 0. The van der Waals surface area contributed by atoms with Crippen LogP contribution in [-0.2, 0) is 0 Å². The summed E-state index contributed by atoms with van der Waals surface area (Å²) in [5.74, 6) is 0. The van der Waals surface area contributed by atoms with Crippen molar-refractivity contribution in [1.29, 1.82) is 0 Å². The van der Waals surface area contributed by atoms with Gasteiger partial charge in [-0.2, -0.15) is 0 Å². The van der Waals surface area contributed by atoms with Crippen LogP contribution in [0.1, 0.15) is 19.4 Å². The molecule has 0 amide bonds. The molecule has 1 heterocycles. The Kier molecular flexibility index (Phi) is 3.29. The largest absolute Gasteiger partial charge is 0.399 e. The normalized spacial score (nSPS) is 26.2. The van der Waals surface area contributed by atoms with Crippen molar-refractivity contribution < 1.29 is 0 Å². The summed E-state index contributed by atoms with van der Waals surface area (Å²) in [6.07, 6.45) is 0. The molecule has 0 aliphatic carbocycles. The van der Waals surface area contributed by atoms with Crippen LogP contribution in [-0.4, -0.2) is 37.1 Å². The average molecular weight is 233 g/mol. The molecule has 3 nitrogen and oxygen atoms in total. The number of nitrogen functional groups attached to an aromatic ring is 1. The van der Waals surface area contributed by atoms with Gasteiger partial charge in [0.25, 0.3) is 0 Å². The molecule has 0 spiro atoms. The van der Waals surface area contributed by atoms with Gasteiger partial charge in [0.15, 0.2) is 0 Å². The van der Waals surface area contributed by atoms with Gasteiger partial charge >= 0.3 is 0 Å². The van der Waals surface area contributed by atoms with Crippen LogP contribution in [0.5, 0.6) is 0 Å². The van der Waals surface area contributed by atoms with Crippen molar-refractivity contribution in [3.8, 4) is 0 Å². The number of likely N-dealkylation sites (N-methyl/N-ethyl adjacent to an activating group) is 1. The third-order valence-electron chi connectivity index (χ3n) is 3.98. The second-order valence-corrected chi connectivity index (χ2v) is 5.31. The zero-order valence-corrected chi connectivity index (χ0v) is 11.3. The highest BCUT2D eigenvalue weighted by Crippen LogP contribution is 2.24. The fourth-order valence-electron chi connectivity index (χ4n) is 2.47. The standard InChI is InChI=1S/C14H23N3/c1-10-7-13(5-6-14(10)15)17-8-11(2)16(4)12(3)9-17/h5-7,11-12H,8-9,15H2,1-4H3/t11-,12+. The van der Waals surface area contributed by atoms with Crippen LogP contribution in [0.25, 0.3) is 0 Å². The smallest absolute Gasteiger partial charge is 0.0371 e. The zero-order chi connectivity index (χ0) is 12.6. The van der Waals surface area contributed by atoms with Gasteiger partial charge < -0.3 is 10.6 Å². The highest BCUT2D eigenvalue weighted by atomic mass is 15.3. The Morgan fingerprint density at radius 2 is 1.76 bits per heavy atom. The molecule has 2 atom stereocenters. The summed E-state index contributed by atoms with van der Waals surface area (Å²) in [6.45, 7) is 8.82.